The van der Waals surface area contributed by atoms with Crippen LogP contribution in [0.15, 0.2) is 36.4 Å². The molecule has 0 bridgehead atoms. The number of rotatable bonds is 6. The van der Waals surface area contributed by atoms with E-state index in [1.165, 1.54) is 6.92 Å². The number of nitrogens with zero attached hydrogens (tertiary/aromatic N) is 1. The van der Waals surface area contributed by atoms with Crippen molar-refractivity contribution in [2.75, 3.05) is 11.9 Å². The Labute approximate surface area is 160 Å². The summed E-state index contributed by atoms with van der Waals surface area (Å²) in [6, 6.07) is 7.12. The summed E-state index contributed by atoms with van der Waals surface area (Å²) in [6.45, 7) is 4.53. The maximum absolute atomic E-state index is 12.5. The maximum atomic E-state index is 12.5. The average molecular weight is 395 g/mol. The molecule has 0 aliphatic carbocycles. The number of anilines is 1. The molecular weight excluding hydrogens is 375 g/mol. The van der Waals surface area contributed by atoms with Crippen LogP contribution in [0.3, 0.4) is 0 Å². The summed E-state index contributed by atoms with van der Waals surface area (Å²) in [4.78, 5) is 27.4. The van der Waals surface area contributed by atoms with Gasteiger partial charge in [-0.25, -0.2) is 4.98 Å². The average Bonchev–Trinajstić information content (AvgIpc) is 2.58. The van der Waals surface area contributed by atoms with E-state index in [2.05, 4.69) is 15.6 Å². The molecule has 1 heterocycles. The van der Waals surface area contributed by atoms with E-state index >= 15 is 0 Å². The minimum atomic E-state index is -4.43. The first-order valence-electron chi connectivity index (χ1n) is 8.40. The highest BCUT2D eigenvalue weighted by molar-refractivity contribution is 5.87. The lowest BCUT2D eigenvalue weighted by Crippen LogP contribution is -2.31. The molecule has 2 amide bonds. The van der Waals surface area contributed by atoms with E-state index in [9.17, 15) is 22.8 Å². The number of pyridine rings is 1. The molecule has 1 unspecified atom stereocenters. The topological polar surface area (TPSA) is 80.3 Å². The van der Waals surface area contributed by atoms with Crippen LogP contribution in [0, 0.1) is 6.92 Å². The van der Waals surface area contributed by atoms with Gasteiger partial charge in [0, 0.05) is 12.6 Å². The molecule has 0 saturated carbocycles. The van der Waals surface area contributed by atoms with Gasteiger partial charge in [0.2, 0.25) is 5.91 Å². The number of carbonyl (C=O) groups excluding carboxylic acids is 2. The van der Waals surface area contributed by atoms with Gasteiger partial charge in [-0.1, -0.05) is 0 Å². The summed E-state index contributed by atoms with van der Waals surface area (Å²) in [7, 11) is 0. The fourth-order valence-electron chi connectivity index (χ4n) is 2.45. The van der Waals surface area contributed by atoms with E-state index in [1.54, 1.807) is 26.0 Å². The highest BCUT2D eigenvalue weighted by atomic mass is 19.4. The predicted octanol–water partition coefficient (Wildman–Crippen LogP) is 3.62. The van der Waals surface area contributed by atoms with E-state index in [1.807, 2.05) is 0 Å². The number of nitrogens with one attached hydrogen (secondary N) is 2. The Hall–Kier alpha value is -3.10. The quantitative estimate of drug-likeness (QED) is 0.783. The standard InChI is InChI=1S/C19H20F3N3O3/c1-11-8-14(9-17(23-11)25-13(3)26)12(2)24-18(27)10-28-16-6-4-15(5-7-16)19(20,21)22/h4-9,12H,10H2,1-3H3,(H,24,27)(H,23,25,26). The van der Waals surface area contributed by atoms with Crippen molar-refractivity contribution in [3.05, 3.63) is 53.2 Å². The van der Waals surface area contributed by atoms with Crippen LogP contribution in [-0.4, -0.2) is 23.4 Å². The van der Waals surface area contributed by atoms with E-state index in [0.29, 0.717) is 11.5 Å². The summed E-state index contributed by atoms with van der Waals surface area (Å²) in [5, 5.41) is 5.31. The van der Waals surface area contributed by atoms with Gasteiger partial charge in [0.15, 0.2) is 6.61 Å². The van der Waals surface area contributed by atoms with Crippen LogP contribution < -0.4 is 15.4 Å². The van der Waals surface area contributed by atoms with Crippen molar-refractivity contribution in [2.45, 2.75) is 33.0 Å². The molecule has 1 atom stereocenters. The number of aromatic nitrogens is 1. The van der Waals surface area contributed by atoms with E-state index in [0.717, 1.165) is 29.8 Å². The second-order valence-electron chi connectivity index (χ2n) is 6.21. The Kier molecular flexibility index (Phi) is 6.61. The minimum absolute atomic E-state index is 0.156. The Morgan fingerprint density at radius 3 is 2.39 bits per heavy atom. The zero-order valence-electron chi connectivity index (χ0n) is 15.6. The van der Waals surface area contributed by atoms with Crippen molar-refractivity contribution >= 4 is 17.6 Å². The zero-order valence-corrected chi connectivity index (χ0v) is 15.6. The Balaban J connectivity index is 1.94. The van der Waals surface area contributed by atoms with Crippen LogP contribution in [0.25, 0.3) is 0 Å². The molecule has 0 aliphatic rings. The Morgan fingerprint density at radius 2 is 1.82 bits per heavy atom. The van der Waals surface area contributed by atoms with Crippen LogP contribution >= 0.6 is 0 Å². The van der Waals surface area contributed by atoms with Gasteiger partial charge in [-0.3, -0.25) is 9.59 Å². The van der Waals surface area contributed by atoms with Crippen molar-refractivity contribution in [1.29, 1.82) is 0 Å². The zero-order chi connectivity index (χ0) is 20.9. The lowest BCUT2D eigenvalue weighted by molar-refractivity contribution is -0.137. The van der Waals surface area contributed by atoms with Gasteiger partial charge in [-0.05, 0) is 55.8 Å². The highest BCUT2D eigenvalue weighted by Crippen LogP contribution is 2.30. The van der Waals surface area contributed by atoms with Crippen LogP contribution in [0.4, 0.5) is 19.0 Å². The van der Waals surface area contributed by atoms with E-state index < -0.39 is 23.7 Å². The van der Waals surface area contributed by atoms with E-state index in [-0.39, 0.29) is 18.3 Å². The van der Waals surface area contributed by atoms with Crippen molar-refractivity contribution in [2.24, 2.45) is 0 Å². The van der Waals surface area contributed by atoms with Crippen molar-refractivity contribution in [3.63, 3.8) is 0 Å². The van der Waals surface area contributed by atoms with Crippen LogP contribution in [0.5, 0.6) is 5.75 Å². The number of ether oxygens (including phenoxy) is 1. The first-order valence-corrected chi connectivity index (χ1v) is 8.40. The summed E-state index contributed by atoms with van der Waals surface area (Å²) in [6.07, 6.45) is -4.43. The van der Waals surface area contributed by atoms with Gasteiger partial charge in [0.05, 0.1) is 11.6 Å². The largest absolute Gasteiger partial charge is 0.484 e. The maximum Gasteiger partial charge on any atom is 0.416 e. The molecule has 0 fully saturated rings. The summed E-state index contributed by atoms with van der Waals surface area (Å²) in [5.41, 5.74) is 0.614. The number of halogens is 3. The first kappa shape index (κ1) is 21.2. The fraction of sp³-hybridized carbons (Fsp3) is 0.316. The lowest BCUT2D eigenvalue weighted by atomic mass is 10.1. The highest BCUT2D eigenvalue weighted by Gasteiger charge is 2.30. The lowest BCUT2D eigenvalue weighted by Gasteiger charge is -2.16. The molecule has 2 N–H and O–H groups in total. The van der Waals surface area contributed by atoms with Crippen LogP contribution in [-0.2, 0) is 15.8 Å². The summed E-state index contributed by atoms with van der Waals surface area (Å²) < 4.78 is 42.8. The Bertz CT molecular complexity index is 852. The van der Waals surface area contributed by atoms with Gasteiger partial charge < -0.3 is 15.4 Å². The predicted molar refractivity (Wildman–Crippen MR) is 96.8 cm³/mol. The second-order valence-corrected chi connectivity index (χ2v) is 6.21. The molecule has 1 aromatic carbocycles. The van der Waals surface area contributed by atoms with E-state index in [4.69, 9.17) is 4.74 Å². The smallest absolute Gasteiger partial charge is 0.416 e. The number of benzene rings is 1. The Morgan fingerprint density at radius 1 is 1.18 bits per heavy atom. The van der Waals surface area contributed by atoms with Gasteiger partial charge in [-0.15, -0.1) is 0 Å². The van der Waals surface area contributed by atoms with Crippen molar-refractivity contribution in [3.8, 4) is 5.75 Å². The SMILES string of the molecule is CC(=O)Nc1cc(C(C)NC(=O)COc2ccc(C(F)(F)F)cc2)cc(C)n1. The molecule has 0 radical (unpaired) electrons. The monoisotopic (exact) mass is 395 g/mol. The fourth-order valence-corrected chi connectivity index (χ4v) is 2.45. The second kappa shape index (κ2) is 8.73. The summed E-state index contributed by atoms with van der Waals surface area (Å²) >= 11 is 0. The minimum Gasteiger partial charge on any atom is -0.484 e. The third kappa shape index (κ3) is 6.26. The van der Waals surface area contributed by atoms with Crippen molar-refractivity contribution < 1.29 is 27.5 Å². The molecule has 1 aromatic heterocycles. The molecule has 150 valence electrons. The first-order chi connectivity index (χ1) is 13.0. The number of hydrogen-bond acceptors (Lipinski definition) is 4. The molecule has 9 heteroatoms. The molecule has 0 saturated heterocycles. The molecule has 2 rings (SSSR count). The number of amides is 2. The van der Waals surface area contributed by atoms with Crippen LogP contribution in [0.1, 0.15) is 36.7 Å². The number of carbonyl (C=O) groups is 2. The normalized spacial score (nSPS) is 12.2. The number of hydrogen-bond donors (Lipinski definition) is 2. The number of aryl methyl sites for hydroxylation is 1. The molecule has 2 aromatic rings. The van der Waals surface area contributed by atoms with Gasteiger partial charge in [0.1, 0.15) is 11.6 Å². The van der Waals surface area contributed by atoms with Crippen LogP contribution in [0.2, 0.25) is 0 Å². The molecule has 0 aliphatic heterocycles. The summed E-state index contributed by atoms with van der Waals surface area (Å²) in [5.74, 6) is -0.165. The molecule has 28 heavy (non-hydrogen) atoms. The van der Waals surface area contributed by atoms with Crippen molar-refractivity contribution in [1.82, 2.24) is 10.3 Å². The molecular formula is C19H20F3N3O3. The van der Waals surface area contributed by atoms with Gasteiger partial charge in [-0.2, -0.15) is 13.2 Å². The van der Waals surface area contributed by atoms with Gasteiger partial charge in [0.25, 0.3) is 5.91 Å². The molecule has 0 spiro atoms. The van der Waals surface area contributed by atoms with Gasteiger partial charge >= 0.3 is 6.18 Å². The third-order valence-electron chi connectivity index (χ3n) is 3.71. The number of alkyl halides is 3. The third-order valence-corrected chi connectivity index (χ3v) is 3.71. The molecule has 6 nitrogen and oxygen atoms in total.